The van der Waals surface area contributed by atoms with Crippen molar-refractivity contribution in [2.45, 2.75) is 57.7 Å². The monoisotopic (exact) mass is 553 g/mol. The van der Waals surface area contributed by atoms with E-state index in [9.17, 15) is 31.1 Å². The molecular formula is C23H25F6N3O6. The lowest BCUT2D eigenvalue weighted by molar-refractivity contribution is -0.193. The summed E-state index contributed by atoms with van der Waals surface area (Å²) in [6.45, 7) is 6.65. The number of aromatic nitrogens is 1. The van der Waals surface area contributed by atoms with Crippen molar-refractivity contribution in [3.63, 3.8) is 0 Å². The van der Waals surface area contributed by atoms with Gasteiger partial charge in [-0.15, -0.1) is 0 Å². The predicted octanol–water partition coefficient (Wildman–Crippen LogP) is 4.05. The summed E-state index contributed by atoms with van der Waals surface area (Å²) >= 11 is 0. The van der Waals surface area contributed by atoms with Crippen LogP contribution in [0, 0.1) is 13.8 Å². The van der Waals surface area contributed by atoms with Gasteiger partial charge in [-0.2, -0.15) is 26.3 Å². The largest absolute Gasteiger partial charge is 0.490 e. The van der Waals surface area contributed by atoms with Crippen LogP contribution in [0.15, 0.2) is 34.9 Å². The molecule has 0 radical (unpaired) electrons. The highest BCUT2D eigenvalue weighted by Crippen LogP contribution is 2.34. The number of carboxylic acids is 2. The molecule has 0 bridgehead atoms. The Labute approximate surface area is 212 Å². The first-order valence-electron chi connectivity index (χ1n) is 11.1. The molecule has 2 aliphatic rings. The summed E-state index contributed by atoms with van der Waals surface area (Å²) in [5, 5.41) is 14.2. The standard InChI is InChI=1S/C19H23N3O2.2C2HF3O2/c1-13-8-11-24-18(13)19(23)22-10-7-16-17(22)6-9-21(16)12-15-5-3-4-14(2)20-15;2*3-2(4,5)1(6)7/h3-5,8,11,16-17H,6-7,9-10,12H2,1-2H3;2*(H,6,7)/t16-,17+;;/m0../s1. The number of carboxylic acid groups (broad SMARTS) is 2. The first kappa shape index (κ1) is 30.6. The molecule has 1 amide bonds. The van der Waals surface area contributed by atoms with E-state index in [4.69, 9.17) is 24.2 Å². The summed E-state index contributed by atoms with van der Waals surface area (Å²) in [6.07, 6.45) is -6.51. The molecule has 0 aromatic carbocycles. The minimum atomic E-state index is -5.08. The van der Waals surface area contributed by atoms with Crippen LogP contribution in [0.3, 0.4) is 0 Å². The molecule has 2 fully saturated rings. The Morgan fingerprint density at radius 2 is 1.50 bits per heavy atom. The number of rotatable bonds is 3. The van der Waals surface area contributed by atoms with E-state index in [1.807, 2.05) is 30.9 Å². The third-order valence-corrected chi connectivity index (χ3v) is 5.80. The summed E-state index contributed by atoms with van der Waals surface area (Å²) in [7, 11) is 0. The smallest absolute Gasteiger partial charge is 0.475 e. The van der Waals surface area contributed by atoms with Gasteiger partial charge in [-0.3, -0.25) is 14.7 Å². The van der Waals surface area contributed by atoms with E-state index in [0.29, 0.717) is 17.8 Å². The zero-order valence-electron chi connectivity index (χ0n) is 20.2. The third kappa shape index (κ3) is 8.19. The fourth-order valence-corrected chi connectivity index (χ4v) is 4.14. The molecule has 9 nitrogen and oxygen atoms in total. The molecule has 15 heteroatoms. The van der Waals surface area contributed by atoms with Gasteiger partial charge in [-0.1, -0.05) is 6.07 Å². The maximum atomic E-state index is 12.8. The molecule has 0 unspecified atom stereocenters. The van der Waals surface area contributed by atoms with Crippen LogP contribution in [0.1, 0.15) is 40.3 Å². The van der Waals surface area contributed by atoms with Crippen molar-refractivity contribution in [1.29, 1.82) is 0 Å². The van der Waals surface area contributed by atoms with Gasteiger partial charge in [0.25, 0.3) is 5.91 Å². The first-order valence-corrected chi connectivity index (χ1v) is 11.1. The van der Waals surface area contributed by atoms with Gasteiger partial charge >= 0.3 is 24.3 Å². The summed E-state index contributed by atoms with van der Waals surface area (Å²) < 4.78 is 68.9. The van der Waals surface area contributed by atoms with Gasteiger partial charge in [0.1, 0.15) is 0 Å². The molecule has 2 N–H and O–H groups in total. The molecule has 2 aliphatic heterocycles. The molecule has 2 aromatic heterocycles. The summed E-state index contributed by atoms with van der Waals surface area (Å²) in [5.74, 6) is -4.98. The highest BCUT2D eigenvalue weighted by Gasteiger charge is 2.45. The predicted molar refractivity (Wildman–Crippen MR) is 118 cm³/mol. The second-order valence-electron chi connectivity index (χ2n) is 8.49. The lowest BCUT2D eigenvalue weighted by atomic mass is 10.1. The van der Waals surface area contributed by atoms with Crippen LogP contribution >= 0.6 is 0 Å². The first-order chi connectivity index (χ1) is 17.5. The Morgan fingerprint density at radius 3 is 1.97 bits per heavy atom. The lowest BCUT2D eigenvalue weighted by Gasteiger charge is -2.25. The normalized spacial score (nSPS) is 19.1. The van der Waals surface area contributed by atoms with Gasteiger partial charge in [-0.25, -0.2) is 9.59 Å². The second kappa shape index (κ2) is 12.3. The van der Waals surface area contributed by atoms with E-state index in [1.54, 1.807) is 6.26 Å². The number of amides is 1. The van der Waals surface area contributed by atoms with Crippen molar-refractivity contribution in [2.24, 2.45) is 0 Å². The molecule has 38 heavy (non-hydrogen) atoms. The van der Waals surface area contributed by atoms with E-state index in [0.717, 1.165) is 49.4 Å². The van der Waals surface area contributed by atoms with Crippen LogP contribution in [0.5, 0.6) is 0 Å². The summed E-state index contributed by atoms with van der Waals surface area (Å²) in [5.41, 5.74) is 3.09. The minimum absolute atomic E-state index is 0.0422. The van der Waals surface area contributed by atoms with E-state index in [-0.39, 0.29) is 5.91 Å². The fourth-order valence-electron chi connectivity index (χ4n) is 4.14. The van der Waals surface area contributed by atoms with Gasteiger partial charge < -0.3 is 19.5 Å². The quantitative estimate of drug-likeness (QED) is 0.546. The maximum absolute atomic E-state index is 12.8. The van der Waals surface area contributed by atoms with Gasteiger partial charge in [0.05, 0.1) is 12.0 Å². The van der Waals surface area contributed by atoms with Gasteiger partial charge in [0, 0.05) is 43.0 Å². The number of nitrogens with zero attached hydrogens (tertiary/aromatic N) is 3. The van der Waals surface area contributed by atoms with Crippen molar-refractivity contribution in [3.8, 4) is 0 Å². The van der Waals surface area contributed by atoms with Crippen LogP contribution in [-0.2, 0) is 16.1 Å². The van der Waals surface area contributed by atoms with Crippen molar-refractivity contribution >= 4 is 17.8 Å². The van der Waals surface area contributed by atoms with Crippen LogP contribution < -0.4 is 0 Å². The van der Waals surface area contributed by atoms with Crippen LogP contribution in [0.25, 0.3) is 0 Å². The van der Waals surface area contributed by atoms with E-state index in [2.05, 4.69) is 22.0 Å². The molecule has 2 aromatic rings. The highest BCUT2D eigenvalue weighted by molar-refractivity contribution is 5.93. The Balaban J connectivity index is 0.000000301. The van der Waals surface area contributed by atoms with Crippen LogP contribution in [-0.4, -0.2) is 80.4 Å². The number of alkyl halides is 6. The summed E-state index contributed by atoms with van der Waals surface area (Å²) in [6, 6.07) is 8.77. The number of likely N-dealkylation sites (tertiary alicyclic amines) is 2. The maximum Gasteiger partial charge on any atom is 0.490 e. The van der Waals surface area contributed by atoms with Gasteiger partial charge in [0.15, 0.2) is 5.76 Å². The van der Waals surface area contributed by atoms with Crippen LogP contribution in [0.2, 0.25) is 0 Å². The van der Waals surface area contributed by atoms with Crippen molar-refractivity contribution in [2.75, 3.05) is 13.1 Å². The van der Waals surface area contributed by atoms with Crippen molar-refractivity contribution in [1.82, 2.24) is 14.8 Å². The van der Waals surface area contributed by atoms with Crippen molar-refractivity contribution in [3.05, 3.63) is 53.2 Å². The van der Waals surface area contributed by atoms with E-state index in [1.165, 1.54) is 0 Å². The van der Waals surface area contributed by atoms with Gasteiger partial charge in [-0.05, 0) is 44.9 Å². The minimum Gasteiger partial charge on any atom is -0.475 e. The average molecular weight is 553 g/mol. The molecular weight excluding hydrogens is 528 g/mol. The zero-order valence-corrected chi connectivity index (χ0v) is 20.2. The molecule has 210 valence electrons. The number of hydrogen-bond acceptors (Lipinski definition) is 6. The Hall–Kier alpha value is -3.62. The molecule has 4 heterocycles. The molecule has 0 spiro atoms. The van der Waals surface area contributed by atoms with Crippen LogP contribution in [0.4, 0.5) is 26.3 Å². The lowest BCUT2D eigenvalue weighted by Crippen LogP contribution is -2.39. The molecule has 0 saturated carbocycles. The zero-order chi connectivity index (χ0) is 28.8. The molecule has 2 atom stereocenters. The number of carbonyl (C=O) groups is 3. The Morgan fingerprint density at radius 1 is 0.947 bits per heavy atom. The molecule has 4 rings (SSSR count). The molecule has 0 aliphatic carbocycles. The van der Waals surface area contributed by atoms with E-state index < -0.39 is 24.3 Å². The van der Waals surface area contributed by atoms with E-state index >= 15 is 0 Å². The SMILES string of the molecule is Cc1cccc(CN2CC[C@@H]3[C@@H]2CCN3C(=O)c2occc2C)n1.O=C(O)C(F)(F)F.O=C(O)C(F)(F)F. The number of aliphatic carboxylic acids is 2. The second-order valence-corrected chi connectivity index (χ2v) is 8.49. The number of carbonyl (C=O) groups excluding carboxylic acids is 1. The van der Waals surface area contributed by atoms with Gasteiger partial charge in [0.2, 0.25) is 0 Å². The summed E-state index contributed by atoms with van der Waals surface area (Å²) in [4.78, 5) is 39.7. The topological polar surface area (TPSA) is 124 Å². The number of halogens is 6. The fraction of sp³-hybridized carbons (Fsp3) is 0.478. The number of fused-ring (bicyclic) bond motifs is 1. The number of aryl methyl sites for hydroxylation is 2. The molecule has 2 saturated heterocycles. The number of hydrogen-bond donors (Lipinski definition) is 2. The third-order valence-electron chi connectivity index (χ3n) is 5.80. The Bertz CT molecular complexity index is 1110. The average Bonchev–Trinajstić information content (AvgIpc) is 3.51. The number of pyridine rings is 1. The van der Waals surface area contributed by atoms with Crippen molar-refractivity contribution < 1.29 is 55.4 Å². The Kier molecular flexibility index (Phi) is 9.89. The highest BCUT2D eigenvalue weighted by atomic mass is 19.4. The number of furan rings is 1.